The van der Waals surface area contributed by atoms with Gasteiger partial charge in [-0.25, -0.2) is 0 Å². The first-order chi connectivity index (χ1) is 14.4. The summed E-state index contributed by atoms with van der Waals surface area (Å²) < 4.78 is 0. The lowest BCUT2D eigenvalue weighted by molar-refractivity contribution is -0.0882. The molecule has 4 fully saturated rings. The van der Waals surface area contributed by atoms with E-state index in [1.165, 1.54) is 57.2 Å². The van der Waals surface area contributed by atoms with Crippen molar-refractivity contribution in [2.75, 3.05) is 13.1 Å². The minimum absolute atomic E-state index is 0.118. The van der Waals surface area contributed by atoms with E-state index >= 15 is 0 Å². The molecule has 0 aromatic heterocycles. The summed E-state index contributed by atoms with van der Waals surface area (Å²) >= 11 is 0. The lowest BCUT2D eigenvalue weighted by Crippen LogP contribution is -2.59. The fourth-order valence-corrected chi connectivity index (χ4v) is 9.86. The summed E-state index contributed by atoms with van der Waals surface area (Å²) in [5.74, 6) is 4.80. The van der Waals surface area contributed by atoms with Crippen LogP contribution in [0.2, 0.25) is 0 Å². The maximum Gasteiger partial charge on any atom is 0.0795 e. The monoisotopic (exact) mass is 413 g/mol. The Morgan fingerprint density at radius 3 is 2.60 bits per heavy atom. The number of rotatable bonds is 0. The average Bonchev–Trinajstić information content (AvgIpc) is 3.02. The molecule has 2 aliphatic heterocycles. The summed E-state index contributed by atoms with van der Waals surface area (Å²) in [6, 6.07) is 0.793. The Bertz CT molecular complexity index is 730. The van der Waals surface area contributed by atoms with Gasteiger partial charge in [0.25, 0.3) is 0 Å². The smallest absolute Gasteiger partial charge is 0.0795 e. The molecular weight excluding hydrogens is 370 g/mol. The molecule has 6 aliphatic rings. The molecule has 168 valence electrons. The van der Waals surface area contributed by atoms with Crippen molar-refractivity contribution in [1.29, 1.82) is 0 Å². The predicted octanol–water partition coefficient (Wildman–Crippen LogP) is 4.63. The number of nitrogens with zero attached hydrogens (tertiary/aromatic N) is 1. The van der Waals surface area contributed by atoms with Crippen molar-refractivity contribution in [3.63, 3.8) is 0 Å². The predicted molar refractivity (Wildman–Crippen MR) is 120 cm³/mol. The highest BCUT2D eigenvalue weighted by Gasteiger charge is 2.59. The second-order valence-corrected chi connectivity index (χ2v) is 12.6. The molecule has 11 atom stereocenters. The van der Waals surface area contributed by atoms with Crippen molar-refractivity contribution < 1.29 is 10.2 Å². The van der Waals surface area contributed by atoms with E-state index < -0.39 is 0 Å². The zero-order valence-electron chi connectivity index (χ0n) is 19.4. The molecule has 0 aromatic rings. The van der Waals surface area contributed by atoms with E-state index in [1.807, 2.05) is 0 Å². The lowest BCUT2D eigenvalue weighted by Gasteiger charge is -2.56. The van der Waals surface area contributed by atoms with Crippen molar-refractivity contribution in [2.45, 2.75) is 96.8 Å². The highest BCUT2D eigenvalue weighted by Crippen LogP contribution is 2.64. The largest absolute Gasteiger partial charge is 0.393 e. The second kappa shape index (κ2) is 7.06. The molecule has 0 radical (unpaired) electrons. The number of aliphatic hydroxyl groups excluding tert-OH is 2. The zero-order valence-corrected chi connectivity index (χ0v) is 19.4. The van der Waals surface area contributed by atoms with Gasteiger partial charge in [-0.3, -0.25) is 4.90 Å². The van der Waals surface area contributed by atoms with Crippen molar-refractivity contribution in [3.8, 4) is 0 Å². The van der Waals surface area contributed by atoms with Crippen LogP contribution in [0.1, 0.15) is 78.6 Å². The van der Waals surface area contributed by atoms with Crippen LogP contribution in [0, 0.1) is 46.8 Å². The van der Waals surface area contributed by atoms with Crippen LogP contribution in [0.15, 0.2) is 11.1 Å². The first-order valence-electron chi connectivity index (χ1n) is 13.2. The van der Waals surface area contributed by atoms with Gasteiger partial charge in [-0.1, -0.05) is 26.3 Å². The minimum Gasteiger partial charge on any atom is -0.393 e. The first kappa shape index (κ1) is 20.2. The van der Waals surface area contributed by atoms with Crippen molar-refractivity contribution >= 4 is 0 Å². The van der Waals surface area contributed by atoms with Crippen LogP contribution in [0.5, 0.6) is 0 Å². The van der Waals surface area contributed by atoms with E-state index in [-0.39, 0.29) is 17.6 Å². The Morgan fingerprint density at radius 2 is 1.77 bits per heavy atom. The summed E-state index contributed by atoms with van der Waals surface area (Å²) in [5, 5.41) is 22.2. The number of piperidine rings is 2. The Kier molecular flexibility index (Phi) is 4.76. The molecule has 2 N–H and O–H groups in total. The van der Waals surface area contributed by atoms with Crippen LogP contribution < -0.4 is 0 Å². The van der Waals surface area contributed by atoms with Crippen LogP contribution >= 0.6 is 0 Å². The summed E-state index contributed by atoms with van der Waals surface area (Å²) in [7, 11) is 0. The molecule has 0 amide bonds. The fraction of sp³-hybridized carbons (Fsp3) is 0.926. The molecule has 2 heterocycles. The van der Waals surface area contributed by atoms with E-state index in [2.05, 4.69) is 25.7 Å². The van der Waals surface area contributed by atoms with Gasteiger partial charge >= 0.3 is 0 Å². The summed E-state index contributed by atoms with van der Waals surface area (Å²) in [4.78, 5) is 2.84. The van der Waals surface area contributed by atoms with Crippen LogP contribution in [0.4, 0.5) is 0 Å². The number of fused-ring (bicyclic) bond motifs is 7. The quantitative estimate of drug-likeness (QED) is 0.569. The molecule has 0 spiro atoms. The molecular formula is C27H43NO2. The van der Waals surface area contributed by atoms with Gasteiger partial charge in [0, 0.05) is 19.1 Å². The Labute approximate surface area is 183 Å². The zero-order chi connectivity index (χ0) is 20.8. The van der Waals surface area contributed by atoms with Gasteiger partial charge < -0.3 is 10.2 Å². The summed E-state index contributed by atoms with van der Waals surface area (Å²) in [6.45, 7) is 9.93. The molecule has 4 aliphatic carbocycles. The molecule has 3 nitrogen and oxygen atoms in total. The third-order valence-corrected chi connectivity index (χ3v) is 11.3. The van der Waals surface area contributed by atoms with Gasteiger partial charge in [-0.15, -0.1) is 0 Å². The van der Waals surface area contributed by atoms with Gasteiger partial charge in [0.2, 0.25) is 0 Å². The van der Waals surface area contributed by atoms with Crippen LogP contribution in [0.3, 0.4) is 0 Å². The van der Waals surface area contributed by atoms with Crippen LogP contribution in [-0.4, -0.2) is 46.5 Å². The molecule has 2 saturated carbocycles. The highest BCUT2D eigenvalue weighted by atomic mass is 16.3. The normalized spacial score (nSPS) is 55.9. The van der Waals surface area contributed by atoms with E-state index in [9.17, 15) is 10.2 Å². The van der Waals surface area contributed by atoms with Gasteiger partial charge in [-0.05, 0) is 110 Å². The fourth-order valence-electron chi connectivity index (χ4n) is 9.86. The molecule has 30 heavy (non-hydrogen) atoms. The number of hydrogen-bond donors (Lipinski definition) is 2. The van der Waals surface area contributed by atoms with Crippen molar-refractivity contribution in [2.24, 2.45) is 46.8 Å². The number of aliphatic hydroxyl groups is 2. The van der Waals surface area contributed by atoms with Crippen LogP contribution in [0.25, 0.3) is 0 Å². The molecule has 3 heteroatoms. The number of hydrogen-bond acceptors (Lipinski definition) is 3. The SMILES string of the molecule is C[C@@H]1CC[C@H]2[C@H](C)[C@@H]3CC[C@H]4C5=C([C@@H](O)[C@H]4[C@H]3CN2C1)[C@@]1(C)CC[C@@H](O)C[C@@H]1CC5. The molecule has 0 aromatic carbocycles. The third kappa shape index (κ3) is 2.73. The molecule has 2 saturated heterocycles. The topological polar surface area (TPSA) is 43.7 Å². The number of allylic oxidation sites excluding steroid dienone is 1. The molecule has 6 rings (SSSR count). The average molecular weight is 414 g/mol. The van der Waals surface area contributed by atoms with Gasteiger partial charge in [0.05, 0.1) is 12.2 Å². The standard InChI is InChI=1S/C27H43NO2/c1-15-4-9-23-16(2)19-7-8-20-21-6-5-17-12-18(29)10-11-27(17,3)25(21)26(30)24(20)22(19)14-28(23)13-15/h15-20,22-24,26,29-30H,4-14H2,1-3H3/t15-,16-,17+,18-,19+,20+,22+,23+,24-,26+,27+/m1/s1. The van der Waals surface area contributed by atoms with Crippen molar-refractivity contribution in [1.82, 2.24) is 4.90 Å². The molecule has 0 unspecified atom stereocenters. The minimum atomic E-state index is -0.216. The van der Waals surface area contributed by atoms with Gasteiger partial charge in [0.1, 0.15) is 0 Å². The van der Waals surface area contributed by atoms with E-state index in [0.29, 0.717) is 23.7 Å². The third-order valence-electron chi connectivity index (χ3n) is 11.3. The Hall–Kier alpha value is -0.380. The van der Waals surface area contributed by atoms with Gasteiger partial charge in [0.15, 0.2) is 0 Å². The van der Waals surface area contributed by atoms with E-state index in [4.69, 9.17) is 0 Å². The van der Waals surface area contributed by atoms with E-state index in [0.717, 1.165) is 43.1 Å². The van der Waals surface area contributed by atoms with Crippen molar-refractivity contribution in [3.05, 3.63) is 11.1 Å². The van der Waals surface area contributed by atoms with Crippen LogP contribution in [-0.2, 0) is 0 Å². The van der Waals surface area contributed by atoms with Gasteiger partial charge in [-0.2, -0.15) is 0 Å². The maximum absolute atomic E-state index is 11.9. The second-order valence-electron chi connectivity index (χ2n) is 12.6. The summed E-state index contributed by atoms with van der Waals surface area (Å²) in [5.41, 5.74) is 3.30. The Morgan fingerprint density at radius 1 is 0.933 bits per heavy atom. The Balaban J connectivity index is 1.32. The lowest BCUT2D eigenvalue weighted by atomic mass is 9.57. The highest BCUT2D eigenvalue weighted by molar-refractivity contribution is 5.39. The van der Waals surface area contributed by atoms with E-state index in [1.54, 1.807) is 5.57 Å². The maximum atomic E-state index is 11.9. The summed E-state index contributed by atoms with van der Waals surface area (Å²) in [6.07, 6.45) is 10.5. The first-order valence-corrected chi connectivity index (χ1v) is 13.2. The molecule has 0 bridgehead atoms.